The number of fused-ring (bicyclic) bond motifs is 3. The van der Waals surface area contributed by atoms with Crippen LogP contribution < -0.4 is 0 Å². The van der Waals surface area contributed by atoms with Crippen LogP contribution in [0.2, 0.25) is 0 Å². The largest absolute Gasteiger partial charge is 0.456 e. The van der Waals surface area contributed by atoms with Crippen LogP contribution in [0.4, 0.5) is 0 Å². The summed E-state index contributed by atoms with van der Waals surface area (Å²) >= 11 is 0. The molecule has 4 nitrogen and oxygen atoms in total. The van der Waals surface area contributed by atoms with Crippen molar-refractivity contribution in [3.05, 3.63) is 152 Å². The molecule has 0 amide bonds. The van der Waals surface area contributed by atoms with Gasteiger partial charge in [0.15, 0.2) is 17.5 Å². The van der Waals surface area contributed by atoms with Gasteiger partial charge in [0.1, 0.15) is 11.2 Å². The molecule has 0 bridgehead atoms. The Labute approximate surface area is 249 Å². The van der Waals surface area contributed by atoms with Crippen LogP contribution in [0.5, 0.6) is 0 Å². The highest BCUT2D eigenvalue weighted by atomic mass is 16.3. The first-order valence-corrected chi connectivity index (χ1v) is 14.3. The first kappa shape index (κ1) is 24.9. The van der Waals surface area contributed by atoms with Crippen molar-refractivity contribution in [2.75, 3.05) is 0 Å². The molecule has 0 fully saturated rings. The molecule has 0 aliphatic heterocycles. The van der Waals surface area contributed by atoms with Gasteiger partial charge in [-0.05, 0) is 34.4 Å². The van der Waals surface area contributed by atoms with E-state index in [4.69, 9.17) is 19.4 Å². The molecular formula is C39H25N3O. The lowest BCUT2D eigenvalue weighted by Gasteiger charge is -2.10. The maximum atomic E-state index is 6.39. The van der Waals surface area contributed by atoms with Crippen LogP contribution in [-0.4, -0.2) is 15.0 Å². The Bertz CT molecular complexity index is 2210. The topological polar surface area (TPSA) is 51.8 Å². The van der Waals surface area contributed by atoms with E-state index in [-0.39, 0.29) is 0 Å². The highest BCUT2D eigenvalue weighted by Crippen LogP contribution is 2.41. The Morgan fingerprint density at radius 3 is 1.33 bits per heavy atom. The van der Waals surface area contributed by atoms with Crippen molar-refractivity contribution in [1.82, 2.24) is 15.0 Å². The van der Waals surface area contributed by atoms with Gasteiger partial charge < -0.3 is 4.42 Å². The molecule has 8 aromatic rings. The summed E-state index contributed by atoms with van der Waals surface area (Å²) in [5, 5.41) is 2.04. The second-order valence-corrected chi connectivity index (χ2v) is 10.4. The maximum absolute atomic E-state index is 6.39. The maximum Gasteiger partial charge on any atom is 0.164 e. The Kier molecular flexibility index (Phi) is 6.08. The lowest BCUT2D eigenvalue weighted by atomic mass is 9.97. The SMILES string of the molecule is c1ccc(-c2ccc(-c3nc(-c4ccccc4)nc(-c4cccc5oc6cccc(-c7ccccc7)c6c45)n3)cc2)cc1. The van der Waals surface area contributed by atoms with Gasteiger partial charge in [-0.1, -0.05) is 140 Å². The van der Waals surface area contributed by atoms with E-state index in [1.54, 1.807) is 0 Å². The van der Waals surface area contributed by atoms with Crippen molar-refractivity contribution >= 4 is 21.9 Å². The van der Waals surface area contributed by atoms with Crippen LogP contribution in [0, 0.1) is 0 Å². The number of nitrogens with zero attached hydrogens (tertiary/aromatic N) is 3. The smallest absolute Gasteiger partial charge is 0.164 e. The quantitative estimate of drug-likeness (QED) is 0.214. The molecule has 0 aliphatic rings. The van der Waals surface area contributed by atoms with Gasteiger partial charge in [0.2, 0.25) is 0 Å². The Morgan fingerprint density at radius 2 is 0.721 bits per heavy atom. The Morgan fingerprint density at radius 1 is 0.302 bits per heavy atom. The van der Waals surface area contributed by atoms with E-state index in [2.05, 4.69) is 84.9 Å². The summed E-state index contributed by atoms with van der Waals surface area (Å²) in [5.74, 6) is 1.85. The zero-order valence-electron chi connectivity index (χ0n) is 23.2. The molecule has 0 unspecified atom stereocenters. The van der Waals surface area contributed by atoms with Gasteiger partial charge in [-0.15, -0.1) is 0 Å². The minimum Gasteiger partial charge on any atom is -0.456 e. The number of rotatable bonds is 5. The average molecular weight is 552 g/mol. The van der Waals surface area contributed by atoms with Gasteiger partial charge in [-0.25, -0.2) is 15.0 Å². The molecule has 0 radical (unpaired) electrons. The van der Waals surface area contributed by atoms with Crippen molar-refractivity contribution in [3.63, 3.8) is 0 Å². The van der Waals surface area contributed by atoms with E-state index in [0.717, 1.165) is 55.3 Å². The predicted octanol–water partition coefficient (Wildman–Crippen LogP) is 10.1. The zero-order chi connectivity index (χ0) is 28.6. The number of benzene rings is 6. The fourth-order valence-corrected chi connectivity index (χ4v) is 5.70. The molecule has 2 heterocycles. The van der Waals surface area contributed by atoms with Crippen LogP contribution in [-0.2, 0) is 0 Å². The van der Waals surface area contributed by atoms with Gasteiger partial charge in [0.05, 0.1) is 0 Å². The van der Waals surface area contributed by atoms with E-state index < -0.39 is 0 Å². The molecule has 8 rings (SSSR count). The Hall–Kier alpha value is -5.87. The molecule has 202 valence electrons. The molecule has 0 spiro atoms. The van der Waals surface area contributed by atoms with Crippen LogP contribution in [0.25, 0.3) is 78.4 Å². The lowest BCUT2D eigenvalue weighted by molar-refractivity contribution is 0.669. The summed E-state index contributed by atoms with van der Waals surface area (Å²) in [6.45, 7) is 0. The van der Waals surface area contributed by atoms with E-state index in [0.29, 0.717) is 17.5 Å². The van der Waals surface area contributed by atoms with E-state index >= 15 is 0 Å². The molecule has 0 saturated carbocycles. The molecule has 0 atom stereocenters. The molecular weight excluding hydrogens is 526 g/mol. The summed E-state index contributed by atoms with van der Waals surface area (Å²) < 4.78 is 6.39. The summed E-state index contributed by atoms with van der Waals surface area (Å²) in [7, 11) is 0. The van der Waals surface area contributed by atoms with Gasteiger partial charge in [-0.3, -0.25) is 0 Å². The van der Waals surface area contributed by atoms with Crippen LogP contribution in [0.1, 0.15) is 0 Å². The summed E-state index contributed by atoms with van der Waals surface area (Å²) in [4.78, 5) is 15.1. The molecule has 43 heavy (non-hydrogen) atoms. The first-order valence-electron chi connectivity index (χ1n) is 14.3. The zero-order valence-corrected chi connectivity index (χ0v) is 23.2. The first-order chi connectivity index (χ1) is 21.3. The standard InChI is InChI=1S/C39H25N3O/c1-4-12-26(13-5-1)27-22-24-30(25-23-27)38-40-37(29-16-8-3-9-17-29)41-39(42-38)32-19-11-21-34-36(32)35-31(18-10-20-33(35)43-34)28-14-6-2-7-15-28/h1-25H. The van der Waals surface area contributed by atoms with Crippen molar-refractivity contribution < 1.29 is 4.42 Å². The molecule has 6 aromatic carbocycles. The van der Waals surface area contributed by atoms with Crippen molar-refractivity contribution in [3.8, 4) is 56.4 Å². The van der Waals surface area contributed by atoms with Crippen molar-refractivity contribution in [1.29, 1.82) is 0 Å². The van der Waals surface area contributed by atoms with Crippen LogP contribution in [0.15, 0.2) is 156 Å². The van der Waals surface area contributed by atoms with Crippen LogP contribution >= 0.6 is 0 Å². The van der Waals surface area contributed by atoms with Gasteiger partial charge >= 0.3 is 0 Å². The molecule has 4 heteroatoms. The monoisotopic (exact) mass is 551 g/mol. The normalized spacial score (nSPS) is 11.3. The van der Waals surface area contributed by atoms with Gasteiger partial charge in [-0.2, -0.15) is 0 Å². The van der Waals surface area contributed by atoms with Crippen molar-refractivity contribution in [2.24, 2.45) is 0 Å². The van der Waals surface area contributed by atoms with Crippen LogP contribution in [0.3, 0.4) is 0 Å². The average Bonchev–Trinajstić information content (AvgIpc) is 3.49. The molecule has 2 aromatic heterocycles. The van der Waals surface area contributed by atoms with Gasteiger partial charge in [0, 0.05) is 27.5 Å². The Balaban J connectivity index is 1.35. The second-order valence-electron chi connectivity index (χ2n) is 10.4. The number of aromatic nitrogens is 3. The van der Waals surface area contributed by atoms with Gasteiger partial charge in [0.25, 0.3) is 0 Å². The second kappa shape index (κ2) is 10.5. The predicted molar refractivity (Wildman–Crippen MR) is 174 cm³/mol. The lowest BCUT2D eigenvalue weighted by Crippen LogP contribution is -2.00. The van der Waals surface area contributed by atoms with E-state index in [9.17, 15) is 0 Å². The summed E-state index contributed by atoms with van der Waals surface area (Å²) in [6, 6.07) is 51.5. The number of hydrogen-bond acceptors (Lipinski definition) is 4. The van der Waals surface area contributed by atoms with E-state index in [1.807, 2.05) is 66.7 Å². The fraction of sp³-hybridized carbons (Fsp3) is 0. The fourth-order valence-electron chi connectivity index (χ4n) is 5.70. The minimum absolute atomic E-state index is 0.604. The summed E-state index contributed by atoms with van der Waals surface area (Å²) in [6.07, 6.45) is 0. The highest BCUT2D eigenvalue weighted by Gasteiger charge is 2.20. The third-order valence-corrected chi connectivity index (χ3v) is 7.77. The molecule has 0 aliphatic carbocycles. The third kappa shape index (κ3) is 4.55. The van der Waals surface area contributed by atoms with Crippen molar-refractivity contribution in [2.45, 2.75) is 0 Å². The number of hydrogen-bond donors (Lipinski definition) is 0. The highest BCUT2D eigenvalue weighted by molar-refractivity contribution is 6.17. The molecule has 0 saturated heterocycles. The number of furan rings is 1. The minimum atomic E-state index is 0.604. The molecule has 0 N–H and O–H groups in total. The van der Waals surface area contributed by atoms with E-state index in [1.165, 1.54) is 5.56 Å². The summed E-state index contributed by atoms with van der Waals surface area (Å²) in [5.41, 5.74) is 8.94. The third-order valence-electron chi connectivity index (χ3n) is 7.77.